The second kappa shape index (κ2) is 11.5. The van der Waals surface area contributed by atoms with Crippen molar-refractivity contribution in [3.63, 3.8) is 0 Å². The Morgan fingerprint density at radius 3 is 2.45 bits per heavy atom. The first-order chi connectivity index (χ1) is 18.3. The van der Waals surface area contributed by atoms with Gasteiger partial charge >= 0.3 is 0 Å². The van der Waals surface area contributed by atoms with E-state index in [-0.39, 0.29) is 21.6 Å². The molecule has 0 spiro atoms. The number of hydrogen-bond acceptors (Lipinski definition) is 6. The van der Waals surface area contributed by atoms with Crippen molar-refractivity contribution in [1.82, 2.24) is 19.1 Å². The van der Waals surface area contributed by atoms with Crippen LogP contribution in [-0.4, -0.2) is 52.2 Å². The molecule has 1 N–H and O–H groups in total. The van der Waals surface area contributed by atoms with Crippen LogP contribution in [0.1, 0.15) is 12.8 Å². The van der Waals surface area contributed by atoms with Crippen LogP contribution in [0.5, 0.6) is 0 Å². The van der Waals surface area contributed by atoms with E-state index in [0.29, 0.717) is 40.3 Å². The minimum Gasteiger partial charge on any atom is -0.324 e. The van der Waals surface area contributed by atoms with E-state index in [1.807, 2.05) is 34.9 Å². The van der Waals surface area contributed by atoms with Crippen molar-refractivity contribution < 1.29 is 13.2 Å². The highest BCUT2D eigenvalue weighted by atomic mass is 35.5. The molecule has 2 heterocycles. The quantitative estimate of drug-likeness (QED) is 0.263. The molecule has 1 aliphatic heterocycles. The van der Waals surface area contributed by atoms with E-state index in [2.05, 4.69) is 15.5 Å². The first-order valence-electron chi connectivity index (χ1n) is 11.8. The van der Waals surface area contributed by atoms with Crippen LogP contribution >= 0.6 is 35.0 Å². The summed E-state index contributed by atoms with van der Waals surface area (Å²) in [4.78, 5) is 12.9. The number of carbonyl (C=O) groups is 1. The average Bonchev–Trinajstić information content (AvgIpc) is 3.62. The molecule has 196 valence electrons. The van der Waals surface area contributed by atoms with Gasteiger partial charge in [-0.15, -0.1) is 10.2 Å². The summed E-state index contributed by atoms with van der Waals surface area (Å²) in [5.74, 6) is 0.217. The Hall–Kier alpha value is -2.89. The summed E-state index contributed by atoms with van der Waals surface area (Å²) in [5.41, 5.74) is 1.80. The van der Waals surface area contributed by atoms with Crippen molar-refractivity contribution in [1.29, 1.82) is 0 Å². The summed E-state index contributed by atoms with van der Waals surface area (Å²) in [7, 11) is -3.60. The second-order valence-corrected chi connectivity index (χ2v) is 12.2. The number of carbonyl (C=O) groups excluding carboxylic acids is 1. The van der Waals surface area contributed by atoms with Gasteiger partial charge in [0.2, 0.25) is 15.9 Å². The Labute approximate surface area is 235 Å². The van der Waals surface area contributed by atoms with Gasteiger partial charge in [-0.2, -0.15) is 4.31 Å². The van der Waals surface area contributed by atoms with E-state index < -0.39 is 10.0 Å². The fourth-order valence-corrected chi connectivity index (χ4v) is 6.81. The normalized spacial score (nSPS) is 14.1. The highest BCUT2D eigenvalue weighted by Gasteiger charge is 2.28. The van der Waals surface area contributed by atoms with E-state index >= 15 is 0 Å². The van der Waals surface area contributed by atoms with Gasteiger partial charge in [0.05, 0.1) is 26.4 Å². The number of para-hydroxylation sites is 1. The van der Waals surface area contributed by atoms with Gasteiger partial charge in [-0.25, -0.2) is 8.42 Å². The Morgan fingerprint density at radius 2 is 1.68 bits per heavy atom. The van der Waals surface area contributed by atoms with Crippen molar-refractivity contribution >= 4 is 56.6 Å². The lowest BCUT2D eigenvalue weighted by Gasteiger charge is -2.16. The monoisotopic (exact) mass is 587 g/mol. The largest absolute Gasteiger partial charge is 0.324 e. The molecule has 0 unspecified atom stereocenters. The standard InChI is InChI=1S/C26H23Cl2N5O3S2/c27-21-12-7-13-22(24(21)28)29-23(34)17-37-26-31-30-25(33(26)19-9-2-1-3-10-19)18-8-6-11-20(16-18)38(35,36)32-14-4-5-15-32/h1-3,6-13,16H,4-5,14-15,17H2,(H,29,34). The predicted molar refractivity (Wildman–Crippen MR) is 151 cm³/mol. The molecule has 0 atom stereocenters. The number of thioether (sulfide) groups is 1. The zero-order valence-corrected chi connectivity index (χ0v) is 23.2. The van der Waals surface area contributed by atoms with E-state index in [0.717, 1.165) is 18.5 Å². The molecule has 0 bridgehead atoms. The molecule has 0 radical (unpaired) electrons. The fourth-order valence-electron chi connectivity index (χ4n) is 4.15. The van der Waals surface area contributed by atoms with Gasteiger partial charge < -0.3 is 5.32 Å². The fraction of sp³-hybridized carbons (Fsp3) is 0.192. The third kappa shape index (κ3) is 5.60. The van der Waals surface area contributed by atoms with E-state index in [1.54, 1.807) is 42.5 Å². The number of amides is 1. The number of aromatic nitrogens is 3. The lowest BCUT2D eigenvalue weighted by Crippen LogP contribution is -2.27. The molecule has 1 amide bonds. The lowest BCUT2D eigenvalue weighted by atomic mass is 10.2. The Morgan fingerprint density at radius 1 is 0.947 bits per heavy atom. The minimum absolute atomic E-state index is 0.0389. The van der Waals surface area contributed by atoms with Crippen LogP contribution in [0.2, 0.25) is 10.0 Å². The van der Waals surface area contributed by atoms with Crippen LogP contribution in [0.15, 0.2) is 82.8 Å². The number of anilines is 1. The van der Waals surface area contributed by atoms with Gasteiger partial charge in [0.25, 0.3) is 0 Å². The molecule has 0 saturated carbocycles. The number of nitrogens with one attached hydrogen (secondary N) is 1. The molecular weight excluding hydrogens is 565 g/mol. The first kappa shape index (κ1) is 26.7. The molecule has 5 rings (SSSR count). The molecule has 3 aromatic carbocycles. The number of benzene rings is 3. The van der Waals surface area contributed by atoms with Gasteiger partial charge in [-0.05, 0) is 49.2 Å². The number of rotatable bonds is 8. The van der Waals surface area contributed by atoms with Crippen molar-refractivity contribution in [2.75, 3.05) is 24.2 Å². The lowest BCUT2D eigenvalue weighted by molar-refractivity contribution is -0.113. The van der Waals surface area contributed by atoms with Gasteiger partial charge in [0.15, 0.2) is 11.0 Å². The smallest absolute Gasteiger partial charge is 0.243 e. The Bertz CT molecular complexity index is 1570. The van der Waals surface area contributed by atoms with Crippen LogP contribution in [0, 0.1) is 0 Å². The first-order valence-corrected chi connectivity index (χ1v) is 15.0. The topological polar surface area (TPSA) is 97.2 Å². The summed E-state index contributed by atoms with van der Waals surface area (Å²) in [5, 5.41) is 12.6. The number of hydrogen-bond donors (Lipinski definition) is 1. The predicted octanol–water partition coefficient (Wildman–Crippen LogP) is 5.76. The molecule has 1 saturated heterocycles. The van der Waals surface area contributed by atoms with Gasteiger partial charge in [-0.3, -0.25) is 9.36 Å². The van der Waals surface area contributed by atoms with Crippen LogP contribution in [0.3, 0.4) is 0 Å². The van der Waals surface area contributed by atoms with Crippen molar-refractivity contribution in [2.24, 2.45) is 0 Å². The number of halogens is 2. The van der Waals surface area contributed by atoms with Gasteiger partial charge in [-0.1, -0.05) is 71.4 Å². The molecule has 12 heteroatoms. The Kier molecular flexibility index (Phi) is 8.06. The molecule has 0 aliphatic carbocycles. The summed E-state index contributed by atoms with van der Waals surface area (Å²) < 4.78 is 29.7. The van der Waals surface area contributed by atoms with Crippen LogP contribution in [0.4, 0.5) is 5.69 Å². The molecular formula is C26H23Cl2N5O3S2. The van der Waals surface area contributed by atoms with Crippen molar-refractivity contribution in [3.05, 3.63) is 82.8 Å². The number of nitrogens with zero attached hydrogens (tertiary/aromatic N) is 4. The average molecular weight is 589 g/mol. The molecule has 38 heavy (non-hydrogen) atoms. The maximum Gasteiger partial charge on any atom is 0.243 e. The maximum absolute atomic E-state index is 13.2. The summed E-state index contributed by atoms with van der Waals surface area (Å²) in [6.07, 6.45) is 1.72. The highest BCUT2D eigenvalue weighted by Crippen LogP contribution is 2.32. The third-order valence-electron chi connectivity index (χ3n) is 6.00. The van der Waals surface area contributed by atoms with Crippen LogP contribution in [0.25, 0.3) is 17.1 Å². The third-order valence-corrected chi connectivity index (χ3v) is 9.64. The van der Waals surface area contributed by atoms with Gasteiger partial charge in [0, 0.05) is 24.3 Å². The molecule has 1 aromatic heterocycles. The number of sulfonamides is 1. The van der Waals surface area contributed by atoms with Gasteiger partial charge in [0.1, 0.15) is 0 Å². The molecule has 8 nitrogen and oxygen atoms in total. The molecule has 1 fully saturated rings. The van der Waals surface area contributed by atoms with Crippen LogP contribution in [-0.2, 0) is 14.8 Å². The second-order valence-electron chi connectivity index (χ2n) is 8.55. The molecule has 4 aromatic rings. The van der Waals surface area contributed by atoms with E-state index in [1.165, 1.54) is 16.1 Å². The summed E-state index contributed by atoms with van der Waals surface area (Å²) in [6, 6.07) is 21.2. The summed E-state index contributed by atoms with van der Waals surface area (Å²) >= 11 is 13.4. The van der Waals surface area contributed by atoms with Crippen molar-refractivity contribution in [2.45, 2.75) is 22.9 Å². The molecule has 1 aliphatic rings. The van der Waals surface area contributed by atoms with Crippen molar-refractivity contribution in [3.8, 4) is 17.1 Å². The zero-order chi connectivity index (χ0) is 26.7. The highest BCUT2D eigenvalue weighted by molar-refractivity contribution is 7.99. The maximum atomic E-state index is 13.2. The van der Waals surface area contributed by atoms with E-state index in [4.69, 9.17) is 23.2 Å². The Balaban J connectivity index is 1.44. The van der Waals surface area contributed by atoms with E-state index in [9.17, 15) is 13.2 Å². The SMILES string of the molecule is O=C(CSc1nnc(-c2cccc(S(=O)(=O)N3CCCC3)c2)n1-c1ccccc1)Nc1cccc(Cl)c1Cl. The van der Waals surface area contributed by atoms with Crippen LogP contribution < -0.4 is 5.32 Å². The zero-order valence-electron chi connectivity index (χ0n) is 20.0. The summed E-state index contributed by atoms with van der Waals surface area (Å²) in [6.45, 7) is 1.05. The minimum atomic E-state index is -3.60.